The lowest BCUT2D eigenvalue weighted by Gasteiger charge is -2.37. The van der Waals surface area contributed by atoms with E-state index >= 15 is 0 Å². The smallest absolute Gasteiger partial charge is 0.0941 e. The highest BCUT2D eigenvalue weighted by Crippen LogP contribution is 2.42. The van der Waals surface area contributed by atoms with Crippen molar-refractivity contribution in [1.82, 2.24) is 9.97 Å². The summed E-state index contributed by atoms with van der Waals surface area (Å²) in [7, 11) is 2.21. The first-order chi connectivity index (χ1) is 21.2. The number of aromatic nitrogens is 2. The van der Waals surface area contributed by atoms with Crippen molar-refractivity contribution < 1.29 is 0 Å². The molecule has 0 spiro atoms. The molecule has 0 radical (unpaired) electrons. The predicted molar refractivity (Wildman–Crippen MR) is 180 cm³/mol. The zero-order chi connectivity index (χ0) is 28.8. The molecule has 0 fully saturated rings. The Morgan fingerprint density at radius 1 is 0.721 bits per heavy atom. The minimum absolute atomic E-state index is 0.135. The first-order valence-corrected chi connectivity index (χ1v) is 15.0. The van der Waals surface area contributed by atoms with Gasteiger partial charge < -0.3 is 10.2 Å². The molecule has 2 aliphatic heterocycles. The van der Waals surface area contributed by atoms with Crippen LogP contribution in [0.4, 0.5) is 11.4 Å². The Balaban J connectivity index is 1.21. The number of nitrogens with one attached hydrogen (secondary N) is 1. The molecule has 2 unspecified atom stereocenters. The van der Waals surface area contributed by atoms with Crippen LogP contribution in [0.5, 0.6) is 0 Å². The van der Waals surface area contributed by atoms with Crippen LogP contribution >= 0.6 is 0 Å². The molecule has 4 heteroatoms. The molecule has 1 N–H and O–H groups in total. The Hall–Kier alpha value is -5.22. The SMILES string of the molecule is CN1c2c(ccc3cccnc23)C=C(c2cnc3c4c(ccc3c2)C=CC(Cc2ccccc2)N4)C1Cc1ccccc1. The number of rotatable bonds is 5. The van der Waals surface area contributed by atoms with Crippen LogP contribution in [0.25, 0.3) is 39.5 Å². The van der Waals surface area contributed by atoms with E-state index in [0.29, 0.717) is 0 Å². The van der Waals surface area contributed by atoms with Crippen molar-refractivity contribution in [3.63, 3.8) is 0 Å². The van der Waals surface area contributed by atoms with E-state index in [-0.39, 0.29) is 12.1 Å². The molecule has 8 rings (SSSR count). The lowest BCUT2D eigenvalue weighted by atomic mass is 9.86. The van der Waals surface area contributed by atoms with Crippen LogP contribution in [-0.2, 0) is 12.8 Å². The van der Waals surface area contributed by atoms with Crippen molar-refractivity contribution in [2.45, 2.75) is 24.9 Å². The van der Waals surface area contributed by atoms with E-state index in [9.17, 15) is 0 Å². The highest BCUT2D eigenvalue weighted by atomic mass is 15.2. The number of benzene rings is 4. The molecule has 0 aliphatic carbocycles. The van der Waals surface area contributed by atoms with E-state index in [1.807, 2.05) is 12.3 Å². The average molecular weight is 557 g/mol. The van der Waals surface area contributed by atoms with Gasteiger partial charge in [-0.25, -0.2) is 0 Å². The van der Waals surface area contributed by atoms with Gasteiger partial charge in [0.25, 0.3) is 0 Å². The minimum atomic E-state index is 0.135. The van der Waals surface area contributed by atoms with Crippen LogP contribution in [0.1, 0.15) is 27.8 Å². The van der Waals surface area contributed by atoms with Crippen molar-refractivity contribution in [3.05, 3.63) is 149 Å². The Kier molecular flexibility index (Phi) is 6.26. The Labute approximate surface area is 252 Å². The highest BCUT2D eigenvalue weighted by molar-refractivity contribution is 6.04. The summed E-state index contributed by atoms with van der Waals surface area (Å²) in [4.78, 5) is 12.3. The molecule has 208 valence electrons. The standard InChI is InChI=1S/C39H32N4/c1-43-35(22-27-11-6-3-7-12-27)34(24-31-17-15-28-13-8-20-40-38(28)39(31)43)32-23-30-16-14-29-18-19-33(21-26-9-4-2-5-10-26)42-37(29)36(30)41-25-32/h2-20,23-25,33,35,42H,21-22H2,1H3. The van der Waals surface area contributed by atoms with Crippen molar-refractivity contribution in [2.75, 3.05) is 17.3 Å². The van der Waals surface area contributed by atoms with Gasteiger partial charge >= 0.3 is 0 Å². The summed E-state index contributed by atoms with van der Waals surface area (Å²) in [5.41, 5.74) is 11.8. The van der Waals surface area contributed by atoms with Crippen LogP contribution in [0.2, 0.25) is 0 Å². The van der Waals surface area contributed by atoms with E-state index in [0.717, 1.165) is 45.9 Å². The van der Waals surface area contributed by atoms with Crippen LogP contribution < -0.4 is 10.2 Å². The predicted octanol–water partition coefficient (Wildman–Crippen LogP) is 8.43. The third kappa shape index (κ3) is 4.65. The average Bonchev–Trinajstić information content (AvgIpc) is 3.06. The first kappa shape index (κ1) is 25.5. The van der Waals surface area contributed by atoms with Gasteiger partial charge in [-0.2, -0.15) is 0 Å². The topological polar surface area (TPSA) is 41.1 Å². The summed E-state index contributed by atoms with van der Waals surface area (Å²) in [5, 5.41) is 6.09. The summed E-state index contributed by atoms with van der Waals surface area (Å²) in [5.74, 6) is 0. The van der Waals surface area contributed by atoms with Crippen LogP contribution in [0.3, 0.4) is 0 Å². The number of anilines is 2. The van der Waals surface area contributed by atoms with E-state index in [4.69, 9.17) is 9.97 Å². The van der Waals surface area contributed by atoms with Gasteiger partial charge in [-0.15, -0.1) is 0 Å². The third-order valence-corrected chi connectivity index (χ3v) is 8.90. The maximum atomic E-state index is 5.12. The maximum absolute atomic E-state index is 5.12. The van der Waals surface area contributed by atoms with E-state index in [1.165, 1.54) is 33.5 Å². The van der Waals surface area contributed by atoms with Gasteiger partial charge in [0, 0.05) is 41.8 Å². The molecular formula is C39H32N4. The largest absolute Gasteiger partial charge is 0.376 e. The molecule has 4 aromatic carbocycles. The Morgan fingerprint density at radius 3 is 2.28 bits per heavy atom. The van der Waals surface area contributed by atoms with Crippen molar-refractivity contribution in [3.8, 4) is 0 Å². The summed E-state index contributed by atoms with van der Waals surface area (Å²) in [6.07, 6.45) is 12.6. The maximum Gasteiger partial charge on any atom is 0.0941 e. The molecule has 43 heavy (non-hydrogen) atoms. The lowest BCUT2D eigenvalue weighted by molar-refractivity contribution is 0.756. The molecule has 2 aromatic heterocycles. The molecule has 6 aromatic rings. The Bertz CT molecular complexity index is 2030. The quantitative estimate of drug-likeness (QED) is 0.231. The lowest BCUT2D eigenvalue weighted by Crippen LogP contribution is -2.37. The summed E-state index contributed by atoms with van der Waals surface area (Å²) in [6, 6.07) is 37.1. The molecule has 0 saturated carbocycles. The second-order valence-corrected chi connectivity index (χ2v) is 11.6. The first-order valence-electron chi connectivity index (χ1n) is 15.0. The molecule has 2 aliphatic rings. The van der Waals surface area contributed by atoms with Gasteiger partial charge in [0.05, 0.1) is 28.5 Å². The molecule has 4 nitrogen and oxygen atoms in total. The highest BCUT2D eigenvalue weighted by Gasteiger charge is 2.29. The van der Waals surface area contributed by atoms with E-state index in [2.05, 4.69) is 139 Å². The summed E-state index contributed by atoms with van der Waals surface area (Å²) >= 11 is 0. The zero-order valence-corrected chi connectivity index (χ0v) is 24.1. The van der Waals surface area contributed by atoms with Gasteiger partial charge in [0.2, 0.25) is 0 Å². The van der Waals surface area contributed by atoms with Gasteiger partial charge in [-0.1, -0.05) is 103 Å². The molecule has 0 saturated heterocycles. The zero-order valence-electron chi connectivity index (χ0n) is 24.1. The second kappa shape index (κ2) is 10.6. The van der Waals surface area contributed by atoms with Gasteiger partial charge in [-0.05, 0) is 58.9 Å². The second-order valence-electron chi connectivity index (χ2n) is 11.6. The third-order valence-electron chi connectivity index (χ3n) is 8.90. The normalized spacial score (nSPS) is 17.3. The number of hydrogen-bond donors (Lipinski definition) is 1. The Morgan fingerprint density at radius 2 is 1.47 bits per heavy atom. The van der Waals surface area contributed by atoms with E-state index in [1.54, 1.807) is 0 Å². The van der Waals surface area contributed by atoms with Crippen molar-refractivity contribution >= 4 is 50.9 Å². The van der Waals surface area contributed by atoms with Gasteiger partial charge in [0.15, 0.2) is 0 Å². The number of nitrogens with zero attached hydrogens (tertiary/aromatic N) is 3. The van der Waals surface area contributed by atoms with Crippen LogP contribution in [0, 0.1) is 0 Å². The molecule has 2 atom stereocenters. The fourth-order valence-corrected chi connectivity index (χ4v) is 6.73. The van der Waals surface area contributed by atoms with Crippen molar-refractivity contribution in [1.29, 1.82) is 0 Å². The van der Waals surface area contributed by atoms with Gasteiger partial charge in [0.1, 0.15) is 0 Å². The fourth-order valence-electron chi connectivity index (χ4n) is 6.73. The molecule has 0 amide bonds. The number of pyridine rings is 2. The van der Waals surface area contributed by atoms with Crippen LogP contribution in [0.15, 0.2) is 122 Å². The summed E-state index contributed by atoms with van der Waals surface area (Å²) < 4.78 is 0. The van der Waals surface area contributed by atoms with Crippen molar-refractivity contribution in [2.24, 2.45) is 0 Å². The van der Waals surface area contributed by atoms with Gasteiger partial charge in [-0.3, -0.25) is 9.97 Å². The molecule has 0 bridgehead atoms. The monoisotopic (exact) mass is 556 g/mol. The fraction of sp³-hybridized carbons (Fsp3) is 0.128. The van der Waals surface area contributed by atoms with Crippen LogP contribution in [-0.4, -0.2) is 29.1 Å². The summed E-state index contributed by atoms with van der Waals surface area (Å²) in [6.45, 7) is 0. The number of hydrogen-bond acceptors (Lipinski definition) is 4. The molecular weight excluding hydrogens is 524 g/mol. The number of fused-ring (bicyclic) bond motifs is 6. The minimum Gasteiger partial charge on any atom is -0.376 e. The number of likely N-dealkylation sites (N-methyl/N-ethyl adjacent to an activating group) is 1. The molecule has 4 heterocycles. The van der Waals surface area contributed by atoms with E-state index < -0.39 is 0 Å².